The van der Waals surface area contributed by atoms with Crippen LogP contribution in [0.25, 0.3) is 0 Å². The molecule has 2 atom stereocenters. The first kappa shape index (κ1) is 9.95. The summed E-state index contributed by atoms with van der Waals surface area (Å²) in [6.07, 6.45) is -0.921. The molecule has 0 bridgehead atoms. The van der Waals surface area contributed by atoms with E-state index in [2.05, 4.69) is 0 Å². The third-order valence-corrected chi connectivity index (χ3v) is 1.87. The lowest BCUT2D eigenvalue weighted by Crippen LogP contribution is -2.25. The number of benzene rings is 1. The van der Waals surface area contributed by atoms with Crippen LogP contribution >= 0.6 is 0 Å². The van der Waals surface area contributed by atoms with Crippen LogP contribution in [-0.2, 0) is 0 Å². The molecule has 0 amide bonds. The average molecular weight is 184 g/mol. The molecule has 13 heavy (non-hydrogen) atoms. The predicted octanol–water partition coefficient (Wildman–Crippen LogP) is 0.789. The summed E-state index contributed by atoms with van der Waals surface area (Å²) in [4.78, 5) is 0. The lowest BCUT2D eigenvalue weighted by Gasteiger charge is -2.16. The van der Waals surface area contributed by atoms with E-state index in [0.29, 0.717) is 11.3 Å². The second-order valence-electron chi connectivity index (χ2n) is 3.08. The van der Waals surface area contributed by atoms with Crippen molar-refractivity contribution in [2.75, 3.05) is 5.73 Å². The Hall–Kier alpha value is -1.13. The van der Waals surface area contributed by atoms with Crippen LogP contribution in [-0.4, -0.2) is 11.1 Å². The number of hydrogen-bond acceptors (Lipinski definition) is 3. The average Bonchev–Trinajstić information content (AvgIpc) is 2.08. The molecule has 72 valence electrons. The van der Waals surface area contributed by atoms with Gasteiger partial charge in [-0.05, 0) is 25.1 Å². The fourth-order valence-electron chi connectivity index (χ4n) is 1.08. The van der Waals surface area contributed by atoms with Gasteiger partial charge in [-0.1, -0.05) is 0 Å². The van der Waals surface area contributed by atoms with Crippen LogP contribution in [0.5, 0.6) is 0 Å². The van der Waals surface area contributed by atoms with Crippen molar-refractivity contribution in [3.63, 3.8) is 0 Å². The second kappa shape index (κ2) is 3.72. The van der Waals surface area contributed by atoms with E-state index in [9.17, 15) is 9.50 Å². The van der Waals surface area contributed by atoms with Crippen molar-refractivity contribution in [3.05, 3.63) is 29.6 Å². The maximum absolute atomic E-state index is 12.8. The molecule has 0 heterocycles. The molecule has 0 saturated carbocycles. The van der Waals surface area contributed by atoms with E-state index in [-0.39, 0.29) is 0 Å². The second-order valence-corrected chi connectivity index (χ2v) is 3.08. The van der Waals surface area contributed by atoms with Gasteiger partial charge in [0.2, 0.25) is 0 Å². The highest BCUT2D eigenvalue weighted by molar-refractivity contribution is 5.48. The third-order valence-electron chi connectivity index (χ3n) is 1.87. The summed E-state index contributed by atoms with van der Waals surface area (Å²) in [5.74, 6) is -0.427. The largest absolute Gasteiger partial charge is 0.398 e. The molecule has 0 radical (unpaired) electrons. The number of aliphatic hydroxyl groups excluding tert-OH is 1. The minimum Gasteiger partial charge on any atom is -0.398 e. The van der Waals surface area contributed by atoms with Crippen LogP contribution in [0.2, 0.25) is 0 Å². The summed E-state index contributed by atoms with van der Waals surface area (Å²) in [5.41, 5.74) is 11.7. The Morgan fingerprint density at radius 1 is 1.46 bits per heavy atom. The highest BCUT2D eigenvalue weighted by atomic mass is 19.1. The monoisotopic (exact) mass is 184 g/mol. The fourth-order valence-corrected chi connectivity index (χ4v) is 1.08. The van der Waals surface area contributed by atoms with Crippen LogP contribution in [0.15, 0.2) is 18.2 Å². The SMILES string of the molecule is CC(N)C(O)c1cc(F)ccc1N. The molecule has 5 N–H and O–H groups in total. The van der Waals surface area contributed by atoms with Gasteiger partial charge in [0.05, 0.1) is 6.10 Å². The van der Waals surface area contributed by atoms with Gasteiger partial charge in [-0.25, -0.2) is 4.39 Å². The molecule has 0 aliphatic heterocycles. The lowest BCUT2D eigenvalue weighted by atomic mass is 10.0. The van der Waals surface area contributed by atoms with E-state index in [4.69, 9.17) is 11.5 Å². The van der Waals surface area contributed by atoms with Crippen LogP contribution in [0.4, 0.5) is 10.1 Å². The van der Waals surface area contributed by atoms with Gasteiger partial charge < -0.3 is 16.6 Å². The van der Waals surface area contributed by atoms with Gasteiger partial charge >= 0.3 is 0 Å². The Balaban J connectivity index is 3.05. The van der Waals surface area contributed by atoms with Crippen LogP contribution in [0, 0.1) is 5.82 Å². The fraction of sp³-hybridized carbons (Fsp3) is 0.333. The highest BCUT2D eigenvalue weighted by Crippen LogP contribution is 2.22. The van der Waals surface area contributed by atoms with Crippen molar-refractivity contribution < 1.29 is 9.50 Å². The molecule has 1 rings (SSSR count). The van der Waals surface area contributed by atoms with Crippen molar-refractivity contribution in [1.82, 2.24) is 0 Å². The summed E-state index contributed by atoms with van der Waals surface area (Å²) < 4.78 is 12.8. The van der Waals surface area contributed by atoms with Crippen molar-refractivity contribution in [2.45, 2.75) is 19.1 Å². The number of nitrogens with two attached hydrogens (primary N) is 2. The summed E-state index contributed by atoms with van der Waals surface area (Å²) >= 11 is 0. The Morgan fingerprint density at radius 2 is 2.08 bits per heavy atom. The molecule has 0 saturated heterocycles. The van der Waals surface area contributed by atoms with E-state index in [1.165, 1.54) is 18.2 Å². The first-order valence-corrected chi connectivity index (χ1v) is 4.01. The molecule has 2 unspecified atom stereocenters. The molecule has 0 aromatic heterocycles. The predicted molar refractivity (Wildman–Crippen MR) is 49.4 cm³/mol. The molecule has 3 nitrogen and oxygen atoms in total. The normalized spacial score (nSPS) is 15.4. The van der Waals surface area contributed by atoms with E-state index in [1.807, 2.05) is 0 Å². The van der Waals surface area contributed by atoms with Crippen LogP contribution < -0.4 is 11.5 Å². The number of halogens is 1. The van der Waals surface area contributed by atoms with Gasteiger partial charge in [-0.15, -0.1) is 0 Å². The van der Waals surface area contributed by atoms with Crippen molar-refractivity contribution >= 4 is 5.69 Å². The van der Waals surface area contributed by atoms with Gasteiger partial charge in [0.1, 0.15) is 5.82 Å². The zero-order valence-electron chi connectivity index (χ0n) is 7.37. The van der Waals surface area contributed by atoms with Gasteiger partial charge in [0.15, 0.2) is 0 Å². The molecule has 0 aliphatic carbocycles. The lowest BCUT2D eigenvalue weighted by molar-refractivity contribution is 0.153. The maximum Gasteiger partial charge on any atom is 0.123 e. The molecule has 1 aromatic carbocycles. The first-order valence-electron chi connectivity index (χ1n) is 4.01. The van der Waals surface area contributed by atoms with E-state index < -0.39 is 18.0 Å². The minimum absolute atomic E-state index is 0.343. The Morgan fingerprint density at radius 3 is 2.62 bits per heavy atom. The van der Waals surface area contributed by atoms with Gasteiger partial charge in [-0.3, -0.25) is 0 Å². The quantitative estimate of drug-likeness (QED) is 0.595. The number of hydrogen-bond donors (Lipinski definition) is 3. The topological polar surface area (TPSA) is 72.3 Å². The molecule has 0 spiro atoms. The molecule has 4 heteroatoms. The van der Waals surface area contributed by atoms with Crippen molar-refractivity contribution in [1.29, 1.82) is 0 Å². The van der Waals surface area contributed by atoms with Crippen molar-refractivity contribution in [3.8, 4) is 0 Å². The first-order chi connectivity index (χ1) is 6.02. The standard InChI is InChI=1S/C9H13FN2O/c1-5(11)9(13)7-4-6(10)2-3-8(7)12/h2-5,9,13H,11-12H2,1H3. The Labute approximate surface area is 76.2 Å². The molecular formula is C9H13FN2O. The zero-order valence-corrected chi connectivity index (χ0v) is 7.37. The van der Waals surface area contributed by atoms with E-state index in [1.54, 1.807) is 6.92 Å². The molecule has 0 fully saturated rings. The maximum atomic E-state index is 12.8. The summed E-state index contributed by atoms with van der Waals surface area (Å²) in [7, 11) is 0. The minimum atomic E-state index is -0.921. The van der Waals surface area contributed by atoms with E-state index >= 15 is 0 Å². The van der Waals surface area contributed by atoms with Gasteiger partial charge in [0, 0.05) is 17.3 Å². The van der Waals surface area contributed by atoms with Crippen LogP contribution in [0.3, 0.4) is 0 Å². The third kappa shape index (κ3) is 2.17. The summed E-state index contributed by atoms with van der Waals surface area (Å²) in [6.45, 7) is 1.63. The highest BCUT2D eigenvalue weighted by Gasteiger charge is 2.15. The summed E-state index contributed by atoms with van der Waals surface area (Å²) in [6, 6.07) is 3.39. The smallest absolute Gasteiger partial charge is 0.123 e. The van der Waals surface area contributed by atoms with Gasteiger partial charge in [0.25, 0.3) is 0 Å². The Kier molecular flexibility index (Phi) is 2.85. The number of aliphatic hydroxyl groups is 1. The number of anilines is 1. The van der Waals surface area contributed by atoms with Crippen molar-refractivity contribution in [2.24, 2.45) is 5.73 Å². The molecule has 1 aromatic rings. The van der Waals surface area contributed by atoms with Crippen LogP contribution in [0.1, 0.15) is 18.6 Å². The summed E-state index contributed by atoms with van der Waals surface area (Å²) in [5, 5.41) is 9.53. The number of rotatable bonds is 2. The van der Waals surface area contributed by atoms with Gasteiger partial charge in [-0.2, -0.15) is 0 Å². The molecule has 0 aliphatic rings. The number of nitrogen functional groups attached to an aromatic ring is 1. The van der Waals surface area contributed by atoms with E-state index in [0.717, 1.165) is 0 Å². The zero-order chi connectivity index (χ0) is 10.0. The Bertz CT molecular complexity index is 302. The molecular weight excluding hydrogens is 171 g/mol.